The van der Waals surface area contributed by atoms with Gasteiger partial charge in [-0.1, -0.05) is 0 Å². The molecule has 0 aliphatic carbocycles. The lowest BCUT2D eigenvalue weighted by Gasteiger charge is -2.23. The number of esters is 15. The molecule has 536 valence electrons. The fourth-order valence-corrected chi connectivity index (χ4v) is 8.25. The summed E-state index contributed by atoms with van der Waals surface area (Å²) in [5, 5.41) is 11.0. The summed E-state index contributed by atoms with van der Waals surface area (Å²) in [5.74, 6) is -37.8. The minimum absolute atomic E-state index is 0.336. The van der Waals surface area contributed by atoms with Crippen LogP contribution in [0.1, 0.15) is 104 Å². The molecule has 0 aromatic heterocycles. The summed E-state index contributed by atoms with van der Waals surface area (Å²) < 4.78 is 112. The number of hydrogen-bond donors (Lipinski definition) is 1. The Morgan fingerprint density at radius 1 is 0.176 bits per heavy atom. The first-order valence-corrected chi connectivity index (χ1v) is 28.7. The van der Waals surface area contributed by atoms with E-state index in [0.717, 1.165) is 165 Å². The Hall–Kier alpha value is -13.8. The van der Waals surface area contributed by atoms with E-state index in [9.17, 15) is 77.0 Å². The summed E-state index contributed by atoms with van der Waals surface area (Å²) in [5.41, 5.74) is 0. The predicted molar refractivity (Wildman–Crippen MR) is 330 cm³/mol. The largest absolute Gasteiger partial charge is 0.502 e. The number of hydrogen-bond acceptors (Lipinski definition) is 36. The Morgan fingerprint density at radius 3 is 0.676 bits per heavy atom. The first-order chi connectivity index (χ1) is 47.7. The third-order valence-electron chi connectivity index (χ3n) is 11.1. The molecule has 36 nitrogen and oxygen atoms in total. The molecule has 0 amide bonds. The molecule has 0 aliphatic heterocycles. The average molecular weight is 1430 g/mol. The minimum Gasteiger partial charge on any atom is -0.502 e. The second-order valence-electron chi connectivity index (χ2n) is 20.1. The van der Waals surface area contributed by atoms with E-state index in [0.29, 0.717) is 0 Å². The van der Waals surface area contributed by atoms with Gasteiger partial charge in [-0.05, 0) is 0 Å². The van der Waals surface area contributed by atoms with Gasteiger partial charge in [-0.25, -0.2) is 0 Å². The van der Waals surface area contributed by atoms with Crippen LogP contribution in [0.15, 0.2) is 60.7 Å². The number of carbonyl (C=O) groups excluding carboxylic acids is 15. The molecule has 6 rings (SSSR count). The van der Waals surface area contributed by atoms with E-state index in [1.807, 2.05) is 0 Å². The van der Waals surface area contributed by atoms with Crippen molar-refractivity contribution in [1.82, 2.24) is 0 Å². The number of aromatic hydroxyl groups is 1. The van der Waals surface area contributed by atoms with Crippen LogP contribution >= 0.6 is 0 Å². The normalized spacial score (nSPS) is 10.3. The van der Waals surface area contributed by atoms with Crippen LogP contribution in [-0.4, -0.2) is 94.6 Å². The molecule has 0 bridgehead atoms. The molecule has 0 aliphatic rings. The number of ether oxygens (including phenoxy) is 20. The Bertz CT molecular complexity index is 4400. The molecule has 0 radical (unpaired) electrons. The second-order valence-corrected chi connectivity index (χ2v) is 20.1. The van der Waals surface area contributed by atoms with Crippen LogP contribution in [0.3, 0.4) is 0 Å². The standard InChI is InChI=1S/C66H56O36/c1-26(67)83-41-18-48(87-30(5)71)59(49(19-41)88-31(6)72)98-43-20-50(89-32(7)73)60(51(21-43)90-33(8)74)102-56-25-54(92-35(10)76)62(95-38(13)79)66(97-40(15)81)64(56)100-44-22-47(86-29(4)70)58(93-36(11)77)52(23-44)101-55-24-53(91-34(9)75)61(94-37(12)78)65(96-39(14)80)63(55)99-42-16-45(84-27(2)68)57(82)46(17-42)85-28(3)69/h16-25,82H,1-15H3. The van der Waals surface area contributed by atoms with Gasteiger partial charge in [0.15, 0.2) is 69.0 Å². The fraction of sp³-hybridized carbons (Fsp3) is 0.227. The molecular formula is C66H56O36. The third-order valence-corrected chi connectivity index (χ3v) is 11.1. The summed E-state index contributed by atoms with van der Waals surface area (Å²) in [4.78, 5) is 192. The van der Waals surface area contributed by atoms with Crippen LogP contribution in [0.4, 0.5) is 0 Å². The van der Waals surface area contributed by atoms with E-state index >= 15 is 0 Å². The van der Waals surface area contributed by atoms with Crippen LogP contribution < -0.4 is 94.7 Å². The summed E-state index contributed by atoms with van der Waals surface area (Å²) in [7, 11) is 0. The highest BCUT2D eigenvalue weighted by Gasteiger charge is 2.36. The molecule has 6 aromatic rings. The van der Waals surface area contributed by atoms with Gasteiger partial charge < -0.3 is 99.8 Å². The molecule has 102 heavy (non-hydrogen) atoms. The zero-order chi connectivity index (χ0) is 75.9. The molecule has 6 aromatic carbocycles. The van der Waals surface area contributed by atoms with Crippen LogP contribution in [0.5, 0.6) is 149 Å². The van der Waals surface area contributed by atoms with Gasteiger partial charge in [0.05, 0.1) is 0 Å². The molecule has 0 fully saturated rings. The SMILES string of the molecule is CC(=O)Oc1cc(OC(C)=O)c(Oc2cc(OC(C)=O)c(Oc3cc(OC(C)=O)c(OC(C)=O)c(OC(C)=O)c3Oc3cc(OC(C)=O)c(OC(C)=O)c(Oc4cc(OC(C)=O)c(OC(C)=O)c(OC(C)=O)c4Oc4cc(OC(C)=O)c(O)c(OC(C)=O)c4)c3)c(OC(C)=O)c2)c(OC(C)=O)c1. The maximum Gasteiger partial charge on any atom is 0.308 e. The van der Waals surface area contributed by atoms with Gasteiger partial charge in [0.1, 0.15) is 23.0 Å². The molecule has 0 heterocycles. The summed E-state index contributed by atoms with van der Waals surface area (Å²) in [6, 6.07) is 8.34. The lowest BCUT2D eigenvalue weighted by atomic mass is 10.2. The van der Waals surface area contributed by atoms with Gasteiger partial charge in [0, 0.05) is 165 Å². The zero-order valence-corrected chi connectivity index (χ0v) is 56.0. The van der Waals surface area contributed by atoms with Gasteiger partial charge in [0.25, 0.3) is 0 Å². The van der Waals surface area contributed by atoms with Gasteiger partial charge >= 0.3 is 89.5 Å². The van der Waals surface area contributed by atoms with Gasteiger partial charge in [0.2, 0.25) is 57.5 Å². The van der Waals surface area contributed by atoms with Crippen molar-refractivity contribution in [1.29, 1.82) is 0 Å². The fourth-order valence-electron chi connectivity index (χ4n) is 8.25. The molecule has 0 spiro atoms. The van der Waals surface area contributed by atoms with Crippen molar-refractivity contribution in [2.24, 2.45) is 0 Å². The second kappa shape index (κ2) is 33.4. The quantitative estimate of drug-likeness (QED) is 0.0412. The molecule has 36 heteroatoms. The highest BCUT2D eigenvalue weighted by Crippen LogP contribution is 2.59. The minimum atomic E-state index is -1.27. The maximum atomic E-state index is 13.3. The number of phenolic OH excluding ortho intramolecular Hbond substituents is 1. The van der Waals surface area contributed by atoms with E-state index in [4.69, 9.17) is 94.7 Å². The number of phenols is 1. The van der Waals surface area contributed by atoms with Crippen LogP contribution in [0.25, 0.3) is 0 Å². The molecule has 1 N–H and O–H groups in total. The number of rotatable bonds is 25. The number of benzene rings is 6. The van der Waals surface area contributed by atoms with Crippen molar-refractivity contribution in [3.8, 4) is 149 Å². The maximum absolute atomic E-state index is 13.3. The van der Waals surface area contributed by atoms with Crippen LogP contribution in [0, 0.1) is 0 Å². The topological polar surface area (TPSA) is 461 Å². The van der Waals surface area contributed by atoms with E-state index < -0.39 is 233 Å². The van der Waals surface area contributed by atoms with Gasteiger partial charge in [-0.2, -0.15) is 0 Å². The molecule has 0 unspecified atom stereocenters. The van der Waals surface area contributed by atoms with Crippen molar-refractivity contribution in [3.63, 3.8) is 0 Å². The predicted octanol–water partition coefficient (Wildman–Crippen LogP) is 9.23. The van der Waals surface area contributed by atoms with Crippen molar-refractivity contribution in [2.45, 2.75) is 104 Å². The highest BCUT2D eigenvalue weighted by molar-refractivity contribution is 5.86. The Morgan fingerprint density at radius 2 is 0.373 bits per heavy atom. The lowest BCUT2D eigenvalue weighted by molar-refractivity contribution is -0.135. The van der Waals surface area contributed by atoms with Crippen molar-refractivity contribution in [3.05, 3.63) is 60.7 Å². The first kappa shape index (κ1) is 77.2. The smallest absolute Gasteiger partial charge is 0.308 e. The number of carbonyl (C=O) groups is 15. The van der Waals surface area contributed by atoms with E-state index in [-0.39, 0.29) is 5.75 Å². The van der Waals surface area contributed by atoms with E-state index in [1.54, 1.807) is 0 Å². The first-order valence-electron chi connectivity index (χ1n) is 28.7. The van der Waals surface area contributed by atoms with Crippen molar-refractivity contribution < 1.29 is 172 Å². The molecule has 0 saturated heterocycles. The van der Waals surface area contributed by atoms with Gasteiger partial charge in [-0.15, -0.1) is 0 Å². The van der Waals surface area contributed by atoms with E-state index in [1.165, 1.54) is 0 Å². The monoisotopic (exact) mass is 1420 g/mol. The lowest BCUT2D eigenvalue weighted by Crippen LogP contribution is -2.13. The molecule has 0 saturated carbocycles. The zero-order valence-electron chi connectivity index (χ0n) is 56.0. The summed E-state index contributed by atoms with van der Waals surface area (Å²) in [6.07, 6.45) is 0. The third kappa shape index (κ3) is 21.6. The Kier molecular flexibility index (Phi) is 25.3. The average Bonchev–Trinajstić information content (AvgIpc) is 0.771. The van der Waals surface area contributed by atoms with Crippen molar-refractivity contribution >= 4 is 89.5 Å². The van der Waals surface area contributed by atoms with Crippen LogP contribution in [-0.2, 0) is 71.9 Å². The molecular weight excluding hydrogens is 1370 g/mol. The Balaban J connectivity index is 1.78. The van der Waals surface area contributed by atoms with Gasteiger partial charge in [-0.3, -0.25) is 71.9 Å². The summed E-state index contributed by atoms with van der Waals surface area (Å²) in [6.45, 7) is 13.3. The van der Waals surface area contributed by atoms with Crippen molar-refractivity contribution in [2.75, 3.05) is 0 Å². The molecule has 0 atom stereocenters. The summed E-state index contributed by atoms with van der Waals surface area (Å²) >= 11 is 0. The Labute approximate surface area is 573 Å². The van der Waals surface area contributed by atoms with E-state index in [2.05, 4.69) is 0 Å². The van der Waals surface area contributed by atoms with Crippen LogP contribution in [0.2, 0.25) is 0 Å². The highest BCUT2D eigenvalue weighted by atomic mass is 16.6.